The highest BCUT2D eigenvalue weighted by atomic mass is 16.7. The van der Waals surface area contributed by atoms with Gasteiger partial charge < -0.3 is 24.1 Å². The van der Waals surface area contributed by atoms with Gasteiger partial charge in [-0.15, -0.1) is 0 Å². The van der Waals surface area contributed by atoms with Crippen LogP contribution in [0.2, 0.25) is 0 Å². The minimum atomic E-state index is -0.729. The molecule has 2 aromatic carbocycles. The molecule has 0 radical (unpaired) electrons. The lowest BCUT2D eigenvalue weighted by molar-refractivity contribution is 0.00578. The number of alkyl carbamates (subject to hydrolysis) is 1. The Kier molecular flexibility index (Phi) is 6.06. The van der Waals surface area contributed by atoms with E-state index in [-0.39, 0.29) is 6.54 Å². The molecule has 0 spiro atoms. The molecule has 0 atom stereocenters. The second-order valence-corrected chi connectivity index (χ2v) is 10.8. The summed E-state index contributed by atoms with van der Waals surface area (Å²) >= 11 is 0. The molecule has 1 fully saturated rings. The Balaban J connectivity index is 1.77. The molecule has 2 aliphatic rings. The van der Waals surface area contributed by atoms with Crippen LogP contribution < -0.4 is 5.32 Å². The molecule has 1 N–H and O–H groups in total. The highest BCUT2D eigenvalue weighted by molar-refractivity contribution is 6.56. The molecule has 0 bridgehead atoms. The number of carbonyl (C=O) groups excluding carboxylic acids is 3. The van der Waals surface area contributed by atoms with Crippen LogP contribution in [-0.4, -0.2) is 48.5 Å². The van der Waals surface area contributed by atoms with Crippen LogP contribution in [-0.2, 0) is 18.8 Å². The molecule has 0 saturated carbocycles. The van der Waals surface area contributed by atoms with Crippen molar-refractivity contribution in [3.05, 3.63) is 52.5 Å². The molecule has 1 amide bonds. The van der Waals surface area contributed by atoms with Gasteiger partial charge in [-0.05, 0) is 77.0 Å². The number of esters is 2. The predicted molar refractivity (Wildman–Crippen MR) is 132 cm³/mol. The first-order valence-corrected chi connectivity index (χ1v) is 11.5. The largest absolute Gasteiger partial charge is 0.492 e. The van der Waals surface area contributed by atoms with Crippen molar-refractivity contribution in [1.82, 2.24) is 5.32 Å². The maximum absolute atomic E-state index is 12.4. The van der Waals surface area contributed by atoms with Crippen LogP contribution in [0, 0.1) is 0 Å². The number of benzene rings is 2. The monoisotopic (exact) mass is 479 g/mol. The topological polar surface area (TPSA) is 100 Å². The number of carbonyl (C=O) groups is 3. The van der Waals surface area contributed by atoms with E-state index in [1.807, 2.05) is 39.8 Å². The average molecular weight is 479 g/mol. The lowest BCUT2D eigenvalue weighted by Gasteiger charge is -2.32. The fourth-order valence-corrected chi connectivity index (χ4v) is 3.97. The van der Waals surface area contributed by atoms with Gasteiger partial charge in [-0.3, -0.25) is 0 Å². The first-order chi connectivity index (χ1) is 16.2. The SMILES string of the molecule is CC(C)(C)OC(=O)NCC(=Cc1ccc2c3c(cccc13)C(=O)OC2=O)B1OC(C)(C)C(C)(C)O1. The number of rotatable bonds is 4. The smallest absolute Gasteiger partial charge is 0.444 e. The van der Waals surface area contributed by atoms with E-state index in [0.29, 0.717) is 27.4 Å². The zero-order chi connectivity index (χ0) is 25.8. The van der Waals surface area contributed by atoms with Crippen molar-refractivity contribution in [2.24, 2.45) is 0 Å². The van der Waals surface area contributed by atoms with Gasteiger partial charge in [-0.25, -0.2) is 14.4 Å². The van der Waals surface area contributed by atoms with Gasteiger partial charge in [-0.1, -0.05) is 24.3 Å². The first kappa shape index (κ1) is 24.9. The summed E-state index contributed by atoms with van der Waals surface area (Å²) in [7, 11) is -0.729. The second-order valence-electron chi connectivity index (χ2n) is 10.8. The van der Waals surface area contributed by atoms with Gasteiger partial charge in [0.1, 0.15) is 5.60 Å². The fourth-order valence-electron chi connectivity index (χ4n) is 3.97. The number of ether oxygens (including phenoxy) is 2. The molecular formula is C26H30BNO7. The third-order valence-electron chi connectivity index (χ3n) is 6.43. The summed E-state index contributed by atoms with van der Waals surface area (Å²) in [5, 5.41) is 4.02. The molecule has 9 heteroatoms. The Labute approximate surface area is 205 Å². The molecule has 1 saturated heterocycles. The number of hydrogen-bond donors (Lipinski definition) is 1. The molecule has 35 heavy (non-hydrogen) atoms. The molecule has 0 unspecified atom stereocenters. The zero-order valence-corrected chi connectivity index (χ0v) is 21.1. The molecule has 0 aliphatic carbocycles. The van der Waals surface area contributed by atoms with Crippen LogP contribution in [0.5, 0.6) is 0 Å². The Bertz CT molecular complexity index is 1220. The zero-order valence-electron chi connectivity index (χ0n) is 21.1. The Hall–Kier alpha value is -3.17. The molecule has 4 rings (SSSR count). The number of nitrogens with one attached hydrogen (secondary N) is 1. The summed E-state index contributed by atoms with van der Waals surface area (Å²) in [5.41, 5.74) is 0.240. The predicted octanol–water partition coefficient (Wildman–Crippen LogP) is 4.69. The van der Waals surface area contributed by atoms with Gasteiger partial charge in [0.05, 0.1) is 22.3 Å². The minimum absolute atomic E-state index is 0.107. The van der Waals surface area contributed by atoms with E-state index < -0.39 is 42.0 Å². The molecule has 8 nitrogen and oxygen atoms in total. The molecule has 0 aromatic heterocycles. The third-order valence-corrected chi connectivity index (χ3v) is 6.43. The highest BCUT2D eigenvalue weighted by Gasteiger charge is 2.52. The summed E-state index contributed by atoms with van der Waals surface area (Å²) in [6.07, 6.45) is 1.29. The van der Waals surface area contributed by atoms with Gasteiger partial charge >= 0.3 is 25.2 Å². The van der Waals surface area contributed by atoms with Crippen molar-refractivity contribution in [2.45, 2.75) is 65.3 Å². The maximum atomic E-state index is 12.4. The normalized spacial score (nSPS) is 19.1. The Morgan fingerprint density at radius 3 is 2.20 bits per heavy atom. The van der Waals surface area contributed by atoms with Crippen LogP contribution in [0.25, 0.3) is 16.8 Å². The van der Waals surface area contributed by atoms with E-state index in [9.17, 15) is 14.4 Å². The second kappa shape index (κ2) is 8.50. The van der Waals surface area contributed by atoms with Crippen LogP contribution in [0.3, 0.4) is 0 Å². The van der Waals surface area contributed by atoms with Gasteiger partial charge in [0.2, 0.25) is 0 Å². The molecule has 2 aromatic rings. The van der Waals surface area contributed by atoms with Gasteiger partial charge in [0.25, 0.3) is 0 Å². The Morgan fingerprint density at radius 2 is 1.60 bits per heavy atom. The summed E-state index contributed by atoms with van der Waals surface area (Å²) < 4.78 is 22.7. The lowest BCUT2D eigenvalue weighted by Crippen LogP contribution is -2.41. The van der Waals surface area contributed by atoms with Gasteiger partial charge in [0.15, 0.2) is 0 Å². The van der Waals surface area contributed by atoms with Gasteiger partial charge in [0, 0.05) is 11.9 Å². The maximum Gasteiger partial charge on any atom is 0.492 e. The van der Waals surface area contributed by atoms with Crippen molar-refractivity contribution in [1.29, 1.82) is 0 Å². The van der Waals surface area contributed by atoms with Crippen LogP contribution >= 0.6 is 0 Å². The number of hydrogen-bond acceptors (Lipinski definition) is 7. The highest BCUT2D eigenvalue weighted by Crippen LogP contribution is 2.39. The van der Waals surface area contributed by atoms with E-state index in [1.165, 1.54) is 0 Å². The van der Waals surface area contributed by atoms with Crippen LogP contribution in [0.4, 0.5) is 4.79 Å². The summed E-state index contributed by atoms with van der Waals surface area (Å²) in [6, 6.07) is 8.62. The van der Waals surface area contributed by atoms with E-state index >= 15 is 0 Å². The van der Waals surface area contributed by atoms with Crippen molar-refractivity contribution in [3.8, 4) is 0 Å². The third kappa shape index (κ3) is 4.83. The van der Waals surface area contributed by atoms with E-state index in [4.69, 9.17) is 18.8 Å². The minimum Gasteiger partial charge on any atom is -0.444 e. The first-order valence-electron chi connectivity index (χ1n) is 11.5. The van der Waals surface area contributed by atoms with E-state index in [0.717, 1.165) is 5.56 Å². The summed E-state index contributed by atoms with van der Waals surface area (Å²) in [5.74, 6) is -1.35. The number of cyclic esters (lactones) is 2. The van der Waals surface area contributed by atoms with Crippen molar-refractivity contribution < 1.29 is 33.2 Å². The quantitative estimate of drug-likeness (QED) is 0.386. The Morgan fingerprint density at radius 1 is 1.00 bits per heavy atom. The summed E-state index contributed by atoms with van der Waals surface area (Å²) in [6.45, 7) is 13.3. The fraction of sp³-hybridized carbons (Fsp3) is 0.423. The van der Waals surface area contributed by atoms with E-state index in [1.54, 1.807) is 45.0 Å². The van der Waals surface area contributed by atoms with Crippen molar-refractivity contribution >= 4 is 42.0 Å². The van der Waals surface area contributed by atoms with Crippen LogP contribution in [0.1, 0.15) is 74.7 Å². The van der Waals surface area contributed by atoms with Gasteiger partial charge in [-0.2, -0.15) is 0 Å². The van der Waals surface area contributed by atoms with Crippen molar-refractivity contribution in [2.75, 3.05) is 6.54 Å². The molecular weight excluding hydrogens is 449 g/mol. The molecule has 184 valence electrons. The number of amides is 1. The van der Waals surface area contributed by atoms with Crippen LogP contribution in [0.15, 0.2) is 35.8 Å². The standard InChI is InChI=1S/C26H30BNO7/c1-24(2,3)33-23(31)28-14-16(27-34-25(4,5)26(6,7)35-27)13-15-11-12-19-20-17(15)9-8-10-18(20)21(29)32-22(19)30/h8-13H,14H2,1-7H3,(H,28,31). The molecule has 2 heterocycles. The average Bonchev–Trinajstić information content (AvgIpc) is 2.95. The van der Waals surface area contributed by atoms with E-state index in [2.05, 4.69) is 5.32 Å². The lowest BCUT2D eigenvalue weighted by atomic mass is 9.76. The summed E-state index contributed by atoms with van der Waals surface area (Å²) in [4.78, 5) is 37.0. The van der Waals surface area contributed by atoms with Crippen molar-refractivity contribution in [3.63, 3.8) is 0 Å². The molecule has 2 aliphatic heterocycles.